The second-order valence-corrected chi connectivity index (χ2v) is 10.1. The Morgan fingerprint density at radius 3 is 2.14 bits per heavy atom. The molecular formula is C28H32N2O5. The molecule has 2 heterocycles. The standard InChI is InChI=1S/C28H32N2O5/c1-2-27(18-35-19-27)24(31)17-20-4-3-5-23(16-20)21-6-8-22(9-7-21)25(32)29-12-14-30(15-13-29)26(33)28(34)10-11-28/h3-9,16,34H,2,10-15,17-19H2,1H3. The summed E-state index contributed by atoms with van der Waals surface area (Å²) in [5.74, 6) is -0.0260. The number of carbonyl (C=O) groups is 3. The lowest BCUT2D eigenvalue weighted by atomic mass is 9.77. The van der Waals surface area contributed by atoms with Crippen LogP contribution in [0.2, 0.25) is 0 Å². The summed E-state index contributed by atoms with van der Waals surface area (Å²) in [6.07, 6.45) is 2.26. The number of nitrogens with zero attached hydrogens (tertiary/aromatic N) is 2. The number of hydrogen-bond acceptors (Lipinski definition) is 5. The molecule has 0 aromatic heterocycles. The minimum absolute atomic E-state index is 0.0549. The Kier molecular flexibility index (Phi) is 6.23. The zero-order valence-corrected chi connectivity index (χ0v) is 20.2. The van der Waals surface area contributed by atoms with E-state index in [0.29, 0.717) is 64.2 Å². The van der Waals surface area contributed by atoms with Gasteiger partial charge in [-0.3, -0.25) is 14.4 Å². The first-order chi connectivity index (χ1) is 16.8. The Balaban J connectivity index is 1.21. The van der Waals surface area contributed by atoms with Crippen LogP contribution < -0.4 is 0 Å². The number of hydrogen-bond donors (Lipinski definition) is 1. The van der Waals surface area contributed by atoms with Gasteiger partial charge < -0.3 is 19.6 Å². The largest absolute Gasteiger partial charge is 0.380 e. The van der Waals surface area contributed by atoms with Gasteiger partial charge in [0.2, 0.25) is 0 Å². The number of aliphatic hydroxyl groups is 1. The molecule has 0 radical (unpaired) electrons. The average Bonchev–Trinajstić information content (AvgIpc) is 3.61. The molecule has 3 fully saturated rings. The third-order valence-electron chi connectivity index (χ3n) is 7.76. The summed E-state index contributed by atoms with van der Waals surface area (Å²) in [6, 6.07) is 15.5. The highest BCUT2D eigenvalue weighted by molar-refractivity contribution is 5.95. The molecule has 1 aliphatic carbocycles. The number of amides is 2. The van der Waals surface area contributed by atoms with Crippen LogP contribution in [0.3, 0.4) is 0 Å². The predicted molar refractivity (Wildman–Crippen MR) is 131 cm³/mol. The number of carbonyl (C=O) groups excluding carboxylic acids is 3. The fraction of sp³-hybridized carbons (Fsp3) is 0.464. The van der Waals surface area contributed by atoms with Crippen LogP contribution in [-0.4, -0.2) is 77.5 Å². The molecule has 2 aromatic carbocycles. The van der Waals surface area contributed by atoms with Gasteiger partial charge in [0.25, 0.3) is 11.8 Å². The second-order valence-electron chi connectivity index (χ2n) is 10.1. The van der Waals surface area contributed by atoms with Crippen molar-refractivity contribution in [2.75, 3.05) is 39.4 Å². The van der Waals surface area contributed by atoms with Crippen LogP contribution in [0.1, 0.15) is 42.1 Å². The lowest BCUT2D eigenvalue weighted by molar-refractivity contribution is -0.159. The minimum atomic E-state index is -1.16. The first-order valence-corrected chi connectivity index (χ1v) is 12.5. The smallest absolute Gasteiger partial charge is 0.254 e. The SMILES string of the molecule is CCC1(C(=O)Cc2cccc(-c3ccc(C(=O)N4CCN(C(=O)C5(O)CC5)CC4)cc3)c2)COC1. The van der Waals surface area contributed by atoms with Crippen LogP contribution in [0, 0.1) is 5.41 Å². The Morgan fingerprint density at radius 2 is 1.57 bits per heavy atom. The monoisotopic (exact) mass is 476 g/mol. The van der Waals surface area contributed by atoms with E-state index in [1.807, 2.05) is 55.5 Å². The van der Waals surface area contributed by atoms with E-state index < -0.39 is 5.60 Å². The first kappa shape index (κ1) is 23.7. The highest BCUT2D eigenvalue weighted by atomic mass is 16.5. The fourth-order valence-electron chi connectivity index (χ4n) is 4.87. The van der Waals surface area contributed by atoms with E-state index in [4.69, 9.17) is 4.74 Å². The van der Waals surface area contributed by atoms with Gasteiger partial charge in [-0.15, -0.1) is 0 Å². The maximum Gasteiger partial charge on any atom is 0.254 e. The zero-order valence-electron chi connectivity index (χ0n) is 20.2. The van der Waals surface area contributed by atoms with Gasteiger partial charge in [0.1, 0.15) is 11.4 Å². The molecular weight excluding hydrogens is 444 g/mol. The van der Waals surface area contributed by atoms with Crippen LogP contribution in [0.5, 0.6) is 0 Å². The van der Waals surface area contributed by atoms with Crippen LogP contribution in [0.15, 0.2) is 48.5 Å². The molecule has 5 rings (SSSR count). The molecule has 1 N–H and O–H groups in total. The molecule has 2 saturated heterocycles. The second kappa shape index (κ2) is 9.21. The number of ketones is 1. The van der Waals surface area contributed by atoms with Crippen molar-refractivity contribution in [3.05, 3.63) is 59.7 Å². The fourth-order valence-corrected chi connectivity index (χ4v) is 4.87. The van der Waals surface area contributed by atoms with Crippen molar-refractivity contribution in [2.45, 2.75) is 38.2 Å². The first-order valence-electron chi connectivity index (χ1n) is 12.5. The Hall–Kier alpha value is -3.03. The predicted octanol–water partition coefficient (Wildman–Crippen LogP) is 2.70. The van der Waals surface area contributed by atoms with E-state index in [1.165, 1.54) is 0 Å². The van der Waals surface area contributed by atoms with Crippen molar-refractivity contribution < 1.29 is 24.2 Å². The number of Topliss-reactive ketones (excluding diaryl/α,β-unsaturated/α-hetero) is 1. The summed E-state index contributed by atoms with van der Waals surface area (Å²) in [5, 5.41) is 10.1. The van der Waals surface area contributed by atoms with Gasteiger partial charge >= 0.3 is 0 Å². The number of piperazine rings is 1. The Bertz CT molecular complexity index is 1120. The van der Waals surface area contributed by atoms with Crippen molar-refractivity contribution in [3.63, 3.8) is 0 Å². The van der Waals surface area contributed by atoms with Crippen molar-refractivity contribution in [2.24, 2.45) is 5.41 Å². The lowest BCUT2D eigenvalue weighted by Crippen LogP contribution is -2.53. The quantitative estimate of drug-likeness (QED) is 0.664. The molecule has 184 valence electrons. The molecule has 0 bridgehead atoms. The van der Waals surface area contributed by atoms with Crippen molar-refractivity contribution in [1.29, 1.82) is 0 Å². The maximum atomic E-state index is 13.0. The Morgan fingerprint density at radius 1 is 0.914 bits per heavy atom. The van der Waals surface area contributed by atoms with E-state index in [1.54, 1.807) is 9.80 Å². The third kappa shape index (κ3) is 4.62. The molecule has 1 saturated carbocycles. The van der Waals surface area contributed by atoms with Crippen molar-refractivity contribution >= 4 is 17.6 Å². The summed E-state index contributed by atoms with van der Waals surface area (Å²) in [4.78, 5) is 41.5. The normalized spacial score (nSPS) is 20.2. The van der Waals surface area contributed by atoms with Crippen LogP contribution in [-0.2, 0) is 20.7 Å². The number of benzene rings is 2. The van der Waals surface area contributed by atoms with Gasteiger partial charge in [-0.2, -0.15) is 0 Å². The summed E-state index contributed by atoms with van der Waals surface area (Å²) < 4.78 is 5.31. The van der Waals surface area contributed by atoms with Crippen molar-refractivity contribution in [1.82, 2.24) is 9.80 Å². The van der Waals surface area contributed by atoms with E-state index in [9.17, 15) is 19.5 Å². The summed E-state index contributed by atoms with van der Waals surface area (Å²) >= 11 is 0. The summed E-state index contributed by atoms with van der Waals surface area (Å²) in [7, 11) is 0. The van der Waals surface area contributed by atoms with Gasteiger partial charge in [0.05, 0.1) is 18.6 Å². The highest BCUT2D eigenvalue weighted by Crippen LogP contribution is 2.37. The molecule has 7 heteroatoms. The molecule has 7 nitrogen and oxygen atoms in total. The van der Waals surface area contributed by atoms with Gasteiger partial charge in [0, 0.05) is 38.2 Å². The molecule has 2 aliphatic heterocycles. The lowest BCUT2D eigenvalue weighted by Gasteiger charge is -2.39. The summed E-state index contributed by atoms with van der Waals surface area (Å²) in [5.41, 5.74) is 2.10. The molecule has 0 unspecified atom stereocenters. The average molecular weight is 477 g/mol. The number of rotatable bonds is 7. The van der Waals surface area contributed by atoms with Gasteiger partial charge in [-0.1, -0.05) is 43.3 Å². The number of ether oxygens (including phenoxy) is 1. The topological polar surface area (TPSA) is 87.2 Å². The molecule has 0 atom stereocenters. The van der Waals surface area contributed by atoms with E-state index >= 15 is 0 Å². The van der Waals surface area contributed by atoms with Gasteiger partial charge in [-0.05, 0) is 48.1 Å². The van der Waals surface area contributed by atoms with Crippen molar-refractivity contribution in [3.8, 4) is 11.1 Å². The molecule has 3 aliphatic rings. The van der Waals surface area contributed by atoms with E-state index in [2.05, 4.69) is 0 Å². The van der Waals surface area contributed by atoms with E-state index in [-0.39, 0.29) is 23.0 Å². The van der Waals surface area contributed by atoms with Crippen LogP contribution in [0.25, 0.3) is 11.1 Å². The third-order valence-corrected chi connectivity index (χ3v) is 7.76. The van der Waals surface area contributed by atoms with Gasteiger partial charge in [0.15, 0.2) is 0 Å². The van der Waals surface area contributed by atoms with Crippen LogP contribution >= 0.6 is 0 Å². The summed E-state index contributed by atoms with van der Waals surface area (Å²) in [6.45, 7) is 4.89. The molecule has 2 aromatic rings. The van der Waals surface area contributed by atoms with Crippen LogP contribution in [0.4, 0.5) is 0 Å². The Labute approximate surface area is 205 Å². The minimum Gasteiger partial charge on any atom is -0.380 e. The maximum absolute atomic E-state index is 13.0. The molecule has 35 heavy (non-hydrogen) atoms. The molecule has 0 spiro atoms. The zero-order chi connectivity index (χ0) is 24.6. The van der Waals surface area contributed by atoms with E-state index in [0.717, 1.165) is 23.1 Å². The van der Waals surface area contributed by atoms with Gasteiger partial charge in [-0.25, -0.2) is 0 Å². The molecule has 2 amide bonds. The highest BCUT2D eigenvalue weighted by Gasteiger charge is 2.50.